The van der Waals surface area contributed by atoms with Crippen molar-refractivity contribution in [2.45, 2.75) is 18.8 Å². The van der Waals surface area contributed by atoms with E-state index in [0.29, 0.717) is 11.6 Å². The number of nitrogens with zero attached hydrogens (tertiary/aromatic N) is 1. The maximum absolute atomic E-state index is 13.7. The molecule has 0 amide bonds. The summed E-state index contributed by atoms with van der Waals surface area (Å²) in [5.41, 5.74) is 0.762. The highest BCUT2D eigenvalue weighted by Crippen LogP contribution is 2.27. The van der Waals surface area contributed by atoms with E-state index in [0.717, 1.165) is 37.8 Å². The zero-order valence-electron chi connectivity index (χ0n) is 10.4. The van der Waals surface area contributed by atoms with E-state index in [-0.39, 0.29) is 5.56 Å². The summed E-state index contributed by atoms with van der Waals surface area (Å²) < 4.78 is 26.9. The topological polar surface area (TPSA) is 40.7 Å². The first-order chi connectivity index (χ1) is 9.25. The molecule has 0 radical (unpaired) electrons. The van der Waals surface area contributed by atoms with Gasteiger partial charge in [-0.2, -0.15) is 0 Å². The van der Waals surface area contributed by atoms with Crippen molar-refractivity contribution in [3.8, 4) is 11.3 Å². The van der Waals surface area contributed by atoms with Crippen molar-refractivity contribution >= 4 is 0 Å². The van der Waals surface area contributed by atoms with Crippen LogP contribution in [-0.2, 0) is 0 Å². The Morgan fingerprint density at radius 2 is 1.95 bits per heavy atom. The maximum atomic E-state index is 13.7. The highest BCUT2D eigenvalue weighted by Gasteiger charge is 2.19. The molecule has 0 spiro atoms. The van der Waals surface area contributed by atoms with Crippen LogP contribution in [-0.4, -0.2) is 23.1 Å². The van der Waals surface area contributed by atoms with Crippen molar-refractivity contribution in [1.82, 2.24) is 15.3 Å². The largest absolute Gasteiger partial charge is 0.342 e. The van der Waals surface area contributed by atoms with E-state index in [2.05, 4.69) is 15.3 Å². The molecular formula is C14H15F2N3. The molecule has 2 N–H and O–H groups in total. The van der Waals surface area contributed by atoms with Crippen molar-refractivity contribution in [3.05, 3.63) is 41.9 Å². The molecule has 19 heavy (non-hydrogen) atoms. The summed E-state index contributed by atoms with van der Waals surface area (Å²) in [7, 11) is 0. The van der Waals surface area contributed by atoms with Crippen LogP contribution < -0.4 is 5.32 Å². The summed E-state index contributed by atoms with van der Waals surface area (Å²) in [5, 5.41) is 3.29. The molecule has 0 unspecified atom stereocenters. The van der Waals surface area contributed by atoms with E-state index in [1.165, 1.54) is 6.07 Å². The molecule has 0 aliphatic carbocycles. The molecule has 3 rings (SSSR count). The lowest BCUT2D eigenvalue weighted by Crippen LogP contribution is -2.27. The van der Waals surface area contributed by atoms with Crippen molar-refractivity contribution in [3.63, 3.8) is 0 Å². The molecule has 1 aliphatic rings. The predicted molar refractivity (Wildman–Crippen MR) is 68.8 cm³/mol. The van der Waals surface area contributed by atoms with Gasteiger partial charge in [-0.1, -0.05) is 6.07 Å². The molecule has 1 aromatic heterocycles. The van der Waals surface area contributed by atoms with Gasteiger partial charge in [0.05, 0.1) is 11.9 Å². The van der Waals surface area contributed by atoms with Gasteiger partial charge in [-0.05, 0) is 38.1 Å². The van der Waals surface area contributed by atoms with Gasteiger partial charge in [0, 0.05) is 11.5 Å². The van der Waals surface area contributed by atoms with Gasteiger partial charge in [-0.25, -0.2) is 13.8 Å². The van der Waals surface area contributed by atoms with Crippen LogP contribution in [0.1, 0.15) is 24.6 Å². The van der Waals surface area contributed by atoms with Gasteiger partial charge < -0.3 is 10.3 Å². The van der Waals surface area contributed by atoms with Gasteiger partial charge >= 0.3 is 0 Å². The first-order valence-corrected chi connectivity index (χ1v) is 6.45. The minimum atomic E-state index is -0.837. The third-order valence-electron chi connectivity index (χ3n) is 3.56. The van der Waals surface area contributed by atoms with Crippen molar-refractivity contribution in [1.29, 1.82) is 0 Å². The van der Waals surface area contributed by atoms with Crippen LogP contribution in [0.2, 0.25) is 0 Å². The summed E-state index contributed by atoms with van der Waals surface area (Å²) in [5.74, 6) is -0.440. The lowest BCUT2D eigenvalue weighted by Gasteiger charge is -2.20. The van der Waals surface area contributed by atoms with Crippen LogP contribution in [0.4, 0.5) is 8.78 Å². The second-order valence-electron chi connectivity index (χ2n) is 4.81. The number of hydrogen-bond acceptors (Lipinski definition) is 2. The van der Waals surface area contributed by atoms with E-state index in [9.17, 15) is 8.78 Å². The zero-order valence-corrected chi connectivity index (χ0v) is 10.4. The Labute approximate surface area is 110 Å². The minimum Gasteiger partial charge on any atom is -0.342 e. The molecule has 100 valence electrons. The molecule has 1 aliphatic heterocycles. The summed E-state index contributed by atoms with van der Waals surface area (Å²) in [6, 6.07) is 4.17. The van der Waals surface area contributed by atoms with Gasteiger partial charge in [0.1, 0.15) is 5.82 Å². The van der Waals surface area contributed by atoms with Crippen LogP contribution in [0.15, 0.2) is 24.4 Å². The number of imidazole rings is 1. The third-order valence-corrected chi connectivity index (χ3v) is 3.56. The summed E-state index contributed by atoms with van der Waals surface area (Å²) in [4.78, 5) is 7.44. The van der Waals surface area contributed by atoms with Gasteiger partial charge in [0.25, 0.3) is 0 Å². The van der Waals surface area contributed by atoms with Crippen molar-refractivity contribution in [2.24, 2.45) is 0 Å². The molecule has 0 saturated carbocycles. The smallest absolute Gasteiger partial charge is 0.168 e. The quantitative estimate of drug-likeness (QED) is 0.874. The number of H-pyrrole nitrogens is 1. The summed E-state index contributed by atoms with van der Waals surface area (Å²) >= 11 is 0. The average Bonchev–Trinajstić information content (AvgIpc) is 2.92. The SMILES string of the molecule is Fc1cccc(-c2cnc(C3CCNCC3)[nH]2)c1F. The minimum absolute atomic E-state index is 0.229. The van der Waals surface area contributed by atoms with Crippen LogP contribution >= 0.6 is 0 Å². The summed E-state index contributed by atoms with van der Waals surface area (Å²) in [6.45, 7) is 1.93. The second kappa shape index (κ2) is 5.09. The molecule has 1 fully saturated rings. The maximum Gasteiger partial charge on any atom is 0.168 e. The van der Waals surface area contributed by atoms with Crippen molar-refractivity contribution in [2.75, 3.05) is 13.1 Å². The number of hydrogen-bond donors (Lipinski definition) is 2. The molecular weight excluding hydrogens is 248 g/mol. The Balaban J connectivity index is 1.90. The molecule has 1 aromatic carbocycles. The fraction of sp³-hybridized carbons (Fsp3) is 0.357. The number of nitrogens with one attached hydrogen (secondary N) is 2. The monoisotopic (exact) mass is 263 g/mol. The molecule has 3 nitrogen and oxygen atoms in total. The highest BCUT2D eigenvalue weighted by molar-refractivity contribution is 5.59. The number of rotatable bonds is 2. The Morgan fingerprint density at radius 3 is 2.74 bits per heavy atom. The normalized spacial score (nSPS) is 16.7. The fourth-order valence-electron chi connectivity index (χ4n) is 2.49. The van der Waals surface area contributed by atoms with Crippen molar-refractivity contribution < 1.29 is 8.78 Å². The van der Waals surface area contributed by atoms with Gasteiger partial charge in [0.15, 0.2) is 11.6 Å². The van der Waals surface area contributed by atoms with E-state index >= 15 is 0 Å². The standard InChI is InChI=1S/C14H15F2N3/c15-11-3-1-2-10(13(11)16)12-8-18-14(19-12)9-4-6-17-7-5-9/h1-3,8-9,17H,4-7H2,(H,18,19). The second-order valence-corrected chi connectivity index (χ2v) is 4.81. The van der Waals surface area contributed by atoms with E-state index < -0.39 is 11.6 Å². The Kier molecular flexibility index (Phi) is 3.29. The molecule has 1 saturated heterocycles. The zero-order chi connectivity index (χ0) is 13.2. The van der Waals surface area contributed by atoms with E-state index in [1.54, 1.807) is 12.3 Å². The molecule has 2 aromatic rings. The number of benzene rings is 1. The van der Waals surface area contributed by atoms with Gasteiger partial charge in [-0.3, -0.25) is 0 Å². The molecule has 2 heterocycles. The number of aromatic amines is 1. The van der Waals surface area contributed by atoms with Crippen LogP contribution in [0.5, 0.6) is 0 Å². The predicted octanol–water partition coefficient (Wildman–Crippen LogP) is 2.82. The number of halogens is 2. The van der Waals surface area contributed by atoms with Crippen LogP contribution in [0.25, 0.3) is 11.3 Å². The van der Waals surface area contributed by atoms with Crippen LogP contribution in [0, 0.1) is 11.6 Å². The highest BCUT2D eigenvalue weighted by atomic mass is 19.2. The van der Waals surface area contributed by atoms with Gasteiger partial charge in [0.2, 0.25) is 0 Å². The van der Waals surface area contributed by atoms with E-state index in [1.807, 2.05) is 0 Å². The first kappa shape index (κ1) is 12.3. The third kappa shape index (κ3) is 2.38. The van der Waals surface area contributed by atoms with Crippen LogP contribution in [0.3, 0.4) is 0 Å². The number of piperidine rings is 1. The first-order valence-electron chi connectivity index (χ1n) is 6.45. The van der Waals surface area contributed by atoms with Gasteiger partial charge in [-0.15, -0.1) is 0 Å². The molecule has 0 atom stereocenters. The Morgan fingerprint density at radius 1 is 1.16 bits per heavy atom. The molecule has 0 bridgehead atoms. The lowest BCUT2D eigenvalue weighted by atomic mass is 9.98. The Bertz CT molecular complexity index is 574. The summed E-state index contributed by atoms with van der Waals surface area (Å²) in [6.07, 6.45) is 3.60. The molecule has 5 heteroatoms. The van der Waals surface area contributed by atoms with E-state index in [4.69, 9.17) is 0 Å². The Hall–Kier alpha value is -1.75. The average molecular weight is 263 g/mol. The fourth-order valence-corrected chi connectivity index (χ4v) is 2.49. The number of aromatic nitrogens is 2. The lowest BCUT2D eigenvalue weighted by molar-refractivity contribution is 0.447.